The van der Waals surface area contributed by atoms with Crippen LogP contribution in [-0.4, -0.2) is 81.4 Å². The van der Waals surface area contributed by atoms with Gasteiger partial charge in [-0.3, -0.25) is 20.2 Å². The number of benzene rings is 4. The Morgan fingerprint density at radius 1 is 0.536 bits per heavy atom. The molecule has 2 aromatic heterocycles. The minimum Gasteiger partial charge on any atom is -0.369 e. The van der Waals surface area contributed by atoms with Gasteiger partial charge in [-0.25, -0.2) is 9.97 Å². The van der Waals surface area contributed by atoms with Crippen molar-refractivity contribution < 1.29 is 9.59 Å². The van der Waals surface area contributed by atoms with E-state index in [9.17, 15) is 9.59 Å². The average Bonchev–Trinajstić information content (AvgIpc) is 3.80. The van der Waals surface area contributed by atoms with Crippen molar-refractivity contribution in [1.29, 1.82) is 0 Å². The van der Waals surface area contributed by atoms with Gasteiger partial charge in [-0.15, -0.1) is 46.4 Å². The van der Waals surface area contributed by atoms with Crippen LogP contribution in [0.2, 0.25) is 0 Å². The van der Waals surface area contributed by atoms with E-state index in [0.29, 0.717) is 61.1 Å². The largest absolute Gasteiger partial charge is 0.369 e. The van der Waals surface area contributed by atoms with Gasteiger partial charge in [0.15, 0.2) is 0 Å². The number of hydrogen-bond acceptors (Lipinski definition) is 6. The first-order valence-electron chi connectivity index (χ1n) is 18.9. The van der Waals surface area contributed by atoms with Gasteiger partial charge in [-0.1, -0.05) is 36.4 Å². The van der Waals surface area contributed by atoms with Gasteiger partial charge in [0.25, 0.3) is 0 Å². The molecule has 0 unspecified atom stereocenters. The molecule has 10 nitrogen and oxygen atoms in total. The quantitative estimate of drug-likeness (QED) is 0.0536. The molecular formula is C42H46Cl4N8O2. The smallest absolute Gasteiger partial charge is 0.226 e. The van der Waals surface area contributed by atoms with Crippen LogP contribution in [0.5, 0.6) is 0 Å². The van der Waals surface area contributed by atoms with Gasteiger partial charge < -0.3 is 19.8 Å². The first kappa shape index (κ1) is 41.2. The van der Waals surface area contributed by atoms with Crippen molar-refractivity contribution in [3.05, 3.63) is 96.1 Å². The van der Waals surface area contributed by atoms with E-state index in [4.69, 9.17) is 46.4 Å². The molecule has 0 aliphatic carbocycles. The summed E-state index contributed by atoms with van der Waals surface area (Å²) in [6, 6.07) is 28.5. The first-order chi connectivity index (χ1) is 27.3. The second-order valence-corrected chi connectivity index (χ2v) is 15.0. The molecule has 2 amide bonds. The Labute approximate surface area is 347 Å². The van der Waals surface area contributed by atoms with Crippen LogP contribution >= 0.6 is 46.4 Å². The number of aromatic amines is 2. The van der Waals surface area contributed by atoms with Crippen molar-refractivity contribution in [2.75, 3.05) is 70.1 Å². The Kier molecular flexibility index (Phi) is 15.2. The molecule has 0 saturated heterocycles. The molecule has 4 N–H and O–H groups in total. The van der Waals surface area contributed by atoms with Crippen LogP contribution < -0.4 is 20.4 Å². The van der Waals surface area contributed by atoms with E-state index >= 15 is 0 Å². The summed E-state index contributed by atoms with van der Waals surface area (Å²) in [7, 11) is 0. The number of rotatable bonds is 21. The van der Waals surface area contributed by atoms with Gasteiger partial charge in [0.1, 0.15) is 0 Å². The number of H-pyrrole nitrogens is 2. The number of imidazole rings is 2. The number of aryl methyl sites for hydroxylation is 2. The second kappa shape index (κ2) is 20.6. The lowest BCUT2D eigenvalue weighted by Gasteiger charge is -2.23. The van der Waals surface area contributed by atoms with Gasteiger partial charge in [-0.05, 0) is 96.5 Å². The van der Waals surface area contributed by atoms with E-state index in [1.807, 2.05) is 36.4 Å². The fraction of sp³-hybridized carbons (Fsp3) is 0.333. The molecule has 14 heteroatoms. The van der Waals surface area contributed by atoms with E-state index in [0.717, 1.165) is 83.6 Å². The number of nitrogens with zero attached hydrogens (tertiary/aromatic N) is 4. The zero-order valence-electron chi connectivity index (χ0n) is 31.1. The van der Waals surface area contributed by atoms with Crippen LogP contribution in [0.4, 0.5) is 23.3 Å². The third-order valence-corrected chi connectivity index (χ3v) is 10.2. The number of nitrogens with one attached hydrogen (secondary N) is 4. The molecule has 2 heterocycles. The fourth-order valence-electron chi connectivity index (χ4n) is 6.69. The molecule has 0 fully saturated rings. The number of alkyl halides is 4. The third-order valence-electron chi connectivity index (χ3n) is 9.57. The number of hydrogen-bond donors (Lipinski definition) is 4. The Morgan fingerprint density at radius 3 is 1.27 bits per heavy atom. The summed E-state index contributed by atoms with van der Waals surface area (Å²) in [5, 5.41) is 5.82. The fourth-order valence-corrected chi connectivity index (χ4v) is 7.50. The van der Waals surface area contributed by atoms with Gasteiger partial charge >= 0.3 is 0 Å². The van der Waals surface area contributed by atoms with Crippen molar-refractivity contribution in [2.24, 2.45) is 0 Å². The van der Waals surface area contributed by atoms with Gasteiger partial charge in [0.05, 0.1) is 22.1 Å². The van der Waals surface area contributed by atoms with Gasteiger partial charge in [0, 0.05) is 73.9 Å². The molecule has 4 aromatic carbocycles. The summed E-state index contributed by atoms with van der Waals surface area (Å²) in [6.07, 6.45) is 3.76. The topological polar surface area (TPSA) is 122 Å². The molecule has 0 bridgehead atoms. The van der Waals surface area contributed by atoms with Gasteiger partial charge in [-0.2, -0.15) is 0 Å². The highest BCUT2D eigenvalue weighted by Gasteiger charge is 2.13. The number of carbonyl (C=O) groups is 2. The summed E-state index contributed by atoms with van der Waals surface area (Å²) in [4.78, 5) is 45.5. The van der Waals surface area contributed by atoms with Crippen molar-refractivity contribution in [3.8, 4) is 11.1 Å². The molecule has 0 spiro atoms. The van der Waals surface area contributed by atoms with Crippen LogP contribution in [0.15, 0.2) is 84.9 Å². The Balaban J connectivity index is 0.979. The lowest BCUT2D eigenvalue weighted by Crippen LogP contribution is -2.27. The summed E-state index contributed by atoms with van der Waals surface area (Å²) >= 11 is 23.8. The summed E-state index contributed by atoms with van der Waals surface area (Å²) in [5.74, 6) is 2.81. The molecule has 294 valence electrons. The predicted molar refractivity (Wildman–Crippen MR) is 235 cm³/mol. The molecule has 0 aliphatic rings. The highest BCUT2D eigenvalue weighted by atomic mass is 35.5. The molecular weight excluding hydrogens is 790 g/mol. The number of aromatic nitrogens is 4. The van der Waals surface area contributed by atoms with Crippen LogP contribution in [-0.2, 0) is 22.4 Å². The standard InChI is InChI=1S/C42H46Cl4N8O2/c43-19-23-53(24-20-44)33-13-7-29(8-14-33)3-1-5-39(55)51-41-47-35-17-11-31(27-37(35)49-41)32-12-18-36-38(28-32)50-42(48-36)52-40(56)6-2-4-30-9-15-34(16-10-30)54(25-21-45)26-22-46/h7-18,27-28H,1-6,19-26H2,(H2,47,49,51,55)(H2,48,50,52,56). The maximum absolute atomic E-state index is 12.8. The van der Waals surface area contributed by atoms with Crippen molar-refractivity contribution in [2.45, 2.75) is 38.5 Å². The minimum atomic E-state index is -0.0944. The lowest BCUT2D eigenvalue weighted by molar-refractivity contribution is -0.117. The minimum absolute atomic E-state index is 0.0944. The molecule has 0 radical (unpaired) electrons. The summed E-state index contributed by atoms with van der Waals surface area (Å²) < 4.78 is 0. The third kappa shape index (κ3) is 11.3. The maximum Gasteiger partial charge on any atom is 0.226 e. The van der Waals surface area contributed by atoms with Crippen molar-refractivity contribution in [3.63, 3.8) is 0 Å². The molecule has 56 heavy (non-hydrogen) atoms. The lowest BCUT2D eigenvalue weighted by atomic mass is 10.0. The SMILES string of the molecule is O=C(CCCc1ccc(N(CCCl)CCCl)cc1)Nc1nc2ccc(-c3ccc4nc(NC(=O)CCCc5ccc(N(CCCl)CCCl)cc5)[nH]c4c3)cc2[nH]1. The van der Waals surface area contributed by atoms with Gasteiger partial charge in [0.2, 0.25) is 23.7 Å². The van der Waals surface area contributed by atoms with E-state index in [2.05, 4.69) is 88.9 Å². The number of amides is 2. The Bertz CT molecular complexity index is 2020. The second-order valence-electron chi connectivity index (χ2n) is 13.5. The Morgan fingerprint density at radius 2 is 0.911 bits per heavy atom. The highest BCUT2D eigenvalue weighted by molar-refractivity contribution is 6.19. The highest BCUT2D eigenvalue weighted by Crippen LogP contribution is 2.28. The average molecular weight is 837 g/mol. The molecule has 6 rings (SSSR count). The normalized spacial score (nSPS) is 11.3. The van der Waals surface area contributed by atoms with E-state index < -0.39 is 0 Å². The number of anilines is 4. The Hall–Kier alpha value is -4.48. The van der Waals surface area contributed by atoms with Crippen molar-refractivity contribution in [1.82, 2.24) is 19.9 Å². The maximum atomic E-state index is 12.8. The van der Waals surface area contributed by atoms with Crippen LogP contribution in [0.3, 0.4) is 0 Å². The molecule has 0 aliphatic heterocycles. The zero-order valence-corrected chi connectivity index (χ0v) is 34.1. The van der Waals surface area contributed by atoms with E-state index in [1.165, 1.54) is 11.1 Å². The molecule has 6 aromatic rings. The van der Waals surface area contributed by atoms with E-state index in [1.54, 1.807) is 0 Å². The molecule has 0 saturated carbocycles. The number of carbonyl (C=O) groups excluding carboxylic acids is 2. The van der Waals surface area contributed by atoms with Crippen molar-refractivity contribution >= 4 is 104 Å². The zero-order chi connectivity index (χ0) is 39.3. The van der Waals surface area contributed by atoms with E-state index in [-0.39, 0.29) is 11.8 Å². The summed E-state index contributed by atoms with van der Waals surface area (Å²) in [6.45, 7) is 2.97. The number of halogens is 4. The summed E-state index contributed by atoms with van der Waals surface area (Å²) in [5.41, 5.74) is 9.59. The predicted octanol–water partition coefficient (Wildman–Crippen LogP) is 9.60. The van der Waals surface area contributed by atoms with Crippen LogP contribution in [0.25, 0.3) is 33.2 Å². The number of fused-ring (bicyclic) bond motifs is 2. The monoisotopic (exact) mass is 834 g/mol. The first-order valence-corrected chi connectivity index (χ1v) is 21.0. The van der Waals surface area contributed by atoms with Crippen LogP contribution in [0, 0.1) is 0 Å². The van der Waals surface area contributed by atoms with Crippen LogP contribution in [0.1, 0.15) is 36.8 Å². The molecule has 0 atom stereocenters.